The summed E-state index contributed by atoms with van der Waals surface area (Å²) >= 11 is 0. The number of benzene rings is 2. The lowest BCUT2D eigenvalue weighted by molar-refractivity contribution is -0.152. The largest absolute Gasteiger partial charge is 0.489 e. The monoisotopic (exact) mass is 439 g/mol. The number of aliphatic carboxylic acids is 1. The van der Waals surface area contributed by atoms with Crippen LogP contribution in [-0.2, 0) is 16.0 Å². The van der Waals surface area contributed by atoms with E-state index in [1.165, 1.54) is 13.8 Å². The number of nitrogens with zero attached hydrogens (tertiary/aromatic N) is 1. The predicted octanol–water partition coefficient (Wildman–Crippen LogP) is 4.82. The highest BCUT2D eigenvalue weighted by atomic mass is 16.5. The van der Waals surface area contributed by atoms with E-state index in [4.69, 9.17) is 9.47 Å². The van der Waals surface area contributed by atoms with Gasteiger partial charge in [-0.15, -0.1) is 0 Å². The lowest BCUT2D eigenvalue weighted by Crippen LogP contribution is -2.38. The van der Waals surface area contributed by atoms with Crippen LogP contribution >= 0.6 is 0 Å². The van der Waals surface area contributed by atoms with Crippen LogP contribution in [-0.4, -0.2) is 47.2 Å². The van der Waals surface area contributed by atoms with Crippen molar-refractivity contribution in [3.8, 4) is 11.5 Å². The zero-order valence-corrected chi connectivity index (χ0v) is 19.6. The van der Waals surface area contributed by atoms with Crippen LogP contribution in [0.25, 0.3) is 5.57 Å². The average molecular weight is 440 g/mol. The van der Waals surface area contributed by atoms with Crippen LogP contribution in [0.1, 0.15) is 45.7 Å². The SMILES string of the molecule is CCN(CC)C(=O)/C=C(\C)c1ccc(OCCc2ccccc2)c(OC(C)(C)C(=O)O)c1. The number of carbonyl (C=O) groups is 2. The number of hydrogen-bond donors (Lipinski definition) is 1. The second-order valence-corrected chi connectivity index (χ2v) is 8.00. The summed E-state index contributed by atoms with van der Waals surface area (Å²) in [6.07, 6.45) is 2.30. The molecular weight excluding hydrogens is 406 g/mol. The van der Waals surface area contributed by atoms with Gasteiger partial charge in [-0.2, -0.15) is 0 Å². The highest BCUT2D eigenvalue weighted by Crippen LogP contribution is 2.34. The summed E-state index contributed by atoms with van der Waals surface area (Å²) in [6.45, 7) is 10.4. The molecule has 0 aliphatic heterocycles. The topological polar surface area (TPSA) is 76.1 Å². The number of ether oxygens (including phenoxy) is 2. The molecule has 0 fully saturated rings. The maximum absolute atomic E-state index is 12.5. The van der Waals surface area contributed by atoms with E-state index in [1.54, 1.807) is 23.1 Å². The molecule has 1 amide bonds. The van der Waals surface area contributed by atoms with Gasteiger partial charge in [-0.05, 0) is 63.5 Å². The molecule has 0 aromatic heterocycles. The minimum atomic E-state index is -1.44. The highest BCUT2D eigenvalue weighted by Gasteiger charge is 2.30. The lowest BCUT2D eigenvalue weighted by Gasteiger charge is -2.24. The van der Waals surface area contributed by atoms with Crippen LogP contribution < -0.4 is 9.47 Å². The molecule has 6 heteroatoms. The minimum absolute atomic E-state index is 0.0657. The van der Waals surface area contributed by atoms with Gasteiger partial charge in [0.2, 0.25) is 5.91 Å². The predicted molar refractivity (Wildman–Crippen MR) is 126 cm³/mol. The van der Waals surface area contributed by atoms with E-state index in [9.17, 15) is 14.7 Å². The first kappa shape index (κ1) is 25.0. The Hall–Kier alpha value is -3.28. The Labute approximate surface area is 190 Å². The Morgan fingerprint density at radius 3 is 2.28 bits per heavy atom. The van der Waals surface area contributed by atoms with E-state index in [1.807, 2.05) is 57.2 Å². The number of carboxylic acid groups (broad SMARTS) is 1. The molecular formula is C26H33NO5. The van der Waals surface area contributed by atoms with Crippen LogP contribution in [0.4, 0.5) is 0 Å². The number of likely N-dealkylation sites (N-methyl/N-ethyl adjacent to an activating group) is 1. The van der Waals surface area contributed by atoms with Gasteiger partial charge in [-0.3, -0.25) is 4.79 Å². The Morgan fingerprint density at radius 1 is 1.03 bits per heavy atom. The summed E-state index contributed by atoms with van der Waals surface area (Å²) in [5, 5.41) is 9.50. The number of rotatable bonds is 11. The van der Waals surface area contributed by atoms with Gasteiger partial charge < -0.3 is 19.5 Å². The van der Waals surface area contributed by atoms with E-state index >= 15 is 0 Å². The van der Waals surface area contributed by atoms with E-state index in [0.717, 1.165) is 16.7 Å². The molecule has 0 aliphatic rings. The maximum atomic E-state index is 12.5. The fraction of sp³-hybridized carbons (Fsp3) is 0.385. The molecule has 0 unspecified atom stereocenters. The second-order valence-electron chi connectivity index (χ2n) is 8.00. The van der Waals surface area contributed by atoms with Gasteiger partial charge in [0.05, 0.1) is 6.61 Å². The third-order valence-corrected chi connectivity index (χ3v) is 5.19. The molecule has 2 rings (SSSR count). The fourth-order valence-electron chi connectivity index (χ4n) is 3.09. The van der Waals surface area contributed by atoms with Gasteiger partial charge in [0, 0.05) is 25.6 Å². The Kier molecular flexibility index (Phi) is 8.88. The molecule has 0 radical (unpaired) electrons. The molecule has 6 nitrogen and oxygen atoms in total. The van der Waals surface area contributed by atoms with Crippen LogP contribution in [0.5, 0.6) is 11.5 Å². The molecule has 0 bridgehead atoms. The van der Waals surface area contributed by atoms with Gasteiger partial charge in [0.25, 0.3) is 0 Å². The van der Waals surface area contributed by atoms with Crippen LogP contribution in [0, 0.1) is 0 Å². The van der Waals surface area contributed by atoms with Gasteiger partial charge >= 0.3 is 5.97 Å². The van der Waals surface area contributed by atoms with Crippen molar-refractivity contribution in [2.24, 2.45) is 0 Å². The fourth-order valence-corrected chi connectivity index (χ4v) is 3.09. The Morgan fingerprint density at radius 2 is 1.69 bits per heavy atom. The molecule has 0 saturated heterocycles. The Bertz CT molecular complexity index is 946. The maximum Gasteiger partial charge on any atom is 0.347 e. The van der Waals surface area contributed by atoms with Gasteiger partial charge in [-0.25, -0.2) is 4.79 Å². The number of hydrogen-bond acceptors (Lipinski definition) is 4. The smallest absolute Gasteiger partial charge is 0.347 e. The first-order valence-electron chi connectivity index (χ1n) is 10.9. The van der Waals surface area contributed by atoms with Gasteiger partial charge in [0.1, 0.15) is 0 Å². The van der Waals surface area contributed by atoms with Crippen molar-refractivity contribution in [3.05, 3.63) is 65.7 Å². The van der Waals surface area contributed by atoms with E-state index in [0.29, 0.717) is 37.6 Å². The number of amides is 1. The van der Waals surface area contributed by atoms with E-state index < -0.39 is 11.6 Å². The molecule has 0 saturated carbocycles. The molecule has 2 aromatic rings. The minimum Gasteiger partial charge on any atom is -0.489 e. The van der Waals surface area contributed by atoms with Crippen LogP contribution in [0.2, 0.25) is 0 Å². The summed E-state index contributed by atoms with van der Waals surface area (Å²) in [5.41, 5.74) is 1.23. The van der Waals surface area contributed by atoms with Crippen molar-refractivity contribution in [1.29, 1.82) is 0 Å². The first-order chi connectivity index (χ1) is 15.2. The third-order valence-electron chi connectivity index (χ3n) is 5.19. The van der Waals surface area contributed by atoms with Crippen molar-refractivity contribution in [2.45, 2.75) is 46.6 Å². The zero-order chi connectivity index (χ0) is 23.7. The zero-order valence-electron chi connectivity index (χ0n) is 19.6. The summed E-state index contributed by atoms with van der Waals surface area (Å²) in [6, 6.07) is 15.3. The second kappa shape index (κ2) is 11.4. The molecule has 0 aliphatic carbocycles. The van der Waals surface area contributed by atoms with Gasteiger partial charge in [0.15, 0.2) is 17.1 Å². The average Bonchev–Trinajstić information content (AvgIpc) is 2.76. The molecule has 0 heterocycles. The normalized spacial score (nSPS) is 11.7. The van der Waals surface area contributed by atoms with Gasteiger partial charge in [-0.1, -0.05) is 36.4 Å². The molecule has 2 aromatic carbocycles. The van der Waals surface area contributed by atoms with Crippen LogP contribution in [0.15, 0.2) is 54.6 Å². The molecule has 172 valence electrons. The summed E-state index contributed by atoms with van der Waals surface area (Å²) in [7, 11) is 0. The lowest BCUT2D eigenvalue weighted by atomic mass is 10.1. The van der Waals surface area contributed by atoms with Crippen molar-refractivity contribution >= 4 is 17.4 Å². The third kappa shape index (κ3) is 6.87. The molecule has 32 heavy (non-hydrogen) atoms. The number of carboxylic acids is 1. The quantitative estimate of drug-likeness (QED) is 0.508. The highest BCUT2D eigenvalue weighted by molar-refractivity contribution is 5.95. The van der Waals surface area contributed by atoms with Crippen molar-refractivity contribution < 1.29 is 24.2 Å². The first-order valence-corrected chi connectivity index (χ1v) is 10.9. The van der Waals surface area contributed by atoms with E-state index in [-0.39, 0.29) is 5.91 Å². The summed E-state index contributed by atoms with van der Waals surface area (Å²) < 4.78 is 11.8. The molecule has 0 atom stereocenters. The van der Waals surface area contributed by atoms with Crippen molar-refractivity contribution in [1.82, 2.24) is 4.90 Å². The molecule has 1 N–H and O–H groups in total. The molecule has 0 spiro atoms. The van der Waals surface area contributed by atoms with Crippen molar-refractivity contribution in [2.75, 3.05) is 19.7 Å². The standard InChI is InChI=1S/C26H33NO5/c1-6-27(7-2)24(28)17-19(3)21-13-14-22(23(18-21)32-26(4,5)25(29)30)31-16-15-20-11-9-8-10-12-20/h8-14,17-18H,6-7,15-16H2,1-5H3,(H,29,30)/b19-17+. The summed E-state index contributed by atoms with van der Waals surface area (Å²) in [5.74, 6) is -0.362. The van der Waals surface area contributed by atoms with Crippen molar-refractivity contribution in [3.63, 3.8) is 0 Å². The number of carbonyl (C=O) groups excluding carboxylic acids is 1. The summed E-state index contributed by atoms with van der Waals surface area (Å²) in [4.78, 5) is 25.8. The number of allylic oxidation sites excluding steroid dienone is 1. The Balaban J connectivity index is 2.29. The van der Waals surface area contributed by atoms with Crippen LogP contribution in [0.3, 0.4) is 0 Å². The van der Waals surface area contributed by atoms with E-state index in [2.05, 4.69) is 0 Å².